The summed E-state index contributed by atoms with van der Waals surface area (Å²) in [5.41, 5.74) is 3.70. The van der Waals surface area contributed by atoms with E-state index in [1.165, 1.54) is 17.8 Å². The summed E-state index contributed by atoms with van der Waals surface area (Å²) >= 11 is 1.31. The third kappa shape index (κ3) is 7.11. The average molecular weight is 510 g/mol. The van der Waals surface area contributed by atoms with E-state index in [4.69, 9.17) is 9.47 Å². The first kappa shape index (κ1) is 26.8. The highest BCUT2D eigenvalue weighted by Crippen LogP contribution is 2.28. The Hall–Kier alpha value is -3.79. The van der Waals surface area contributed by atoms with Crippen molar-refractivity contribution in [3.63, 3.8) is 0 Å². The highest BCUT2D eigenvalue weighted by Gasteiger charge is 2.14. The van der Waals surface area contributed by atoms with Crippen LogP contribution in [0.3, 0.4) is 0 Å². The summed E-state index contributed by atoms with van der Waals surface area (Å²) in [6.45, 7) is 6.73. The van der Waals surface area contributed by atoms with Crippen molar-refractivity contribution in [3.05, 3.63) is 65.0 Å². The quantitative estimate of drug-likeness (QED) is 0.297. The largest absolute Gasteiger partial charge is 0.493 e. The van der Waals surface area contributed by atoms with Crippen molar-refractivity contribution < 1.29 is 19.1 Å². The van der Waals surface area contributed by atoms with Crippen LogP contribution in [0.25, 0.3) is 6.08 Å². The molecule has 3 aromatic rings. The van der Waals surface area contributed by atoms with Crippen molar-refractivity contribution in [1.29, 1.82) is 0 Å². The van der Waals surface area contributed by atoms with Gasteiger partial charge in [0.05, 0.1) is 26.5 Å². The van der Waals surface area contributed by atoms with E-state index in [1.807, 2.05) is 49.6 Å². The number of aromatic nitrogens is 3. The maximum Gasteiger partial charge on any atom is 0.244 e. The molecule has 0 saturated heterocycles. The molecule has 1 heterocycles. The molecule has 0 fully saturated rings. The lowest BCUT2D eigenvalue weighted by Gasteiger charge is -2.10. The van der Waals surface area contributed by atoms with E-state index in [1.54, 1.807) is 32.4 Å². The van der Waals surface area contributed by atoms with Crippen LogP contribution in [-0.2, 0) is 22.7 Å². The van der Waals surface area contributed by atoms with Crippen LogP contribution in [0.4, 0.5) is 5.69 Å². The number of ether oxygens (including phenoxy) is 2. The van der Waals surface area contributed by atoms with Crippen LogP contribution in [0.1, 0.15) is 29.4 Å². The molecule has 3 rings (SSSR count). The molecular formula is C26H31N5O4S. The first-order valence-electron chi connectivity index (χ1n) is 11.4. The molecule has 1 aromatic heterocycles. The summed E-state index contributed by atoms with van der Waals surface area (Å²) in [7, 11) is 3.13. The van der Waals surface area contributed by atoms with E-state index in [9.17, 15) is 9.59 Å². The number of carbonyl (C=O) groups excluding carboxylic acids is 2. The Morgan fingerprint density at radius 2 is 1.83 bits per heavy atom. The average Bonchev–Trinajstić information content (AvgIpc) is 3.28. The van der Waals surface area contributed by atoms with Crippen LogP contribution in [-0.4, -0.2) is 46.6 Å². The number of aryl methyl sites for hydroxylation is 2. The molecule has 0 aliphatic heterocycles. The first-order valence-corrected chi connectivity index (χ1v) is 12.4. The molecule has 0 radical (unpaired) electrons. The van der Waals surface area contributed by atoms with Crippen LogP contribution in [0.15, 0.2) is 47.6 Å². The summed E-state index contributed by atoms with van der Waals surface area (Å²) in [5.74, 6) is 1.64. The van der Waals surface area contributed by atoms with E-state index < -0.39 is 0 Å². The molecule has 2 N–H and O–H groups in total. The molecule has 190 valence electrons. The summed E-state index contributed by atoms with van der Waals surface area (Å²) in [6.07, 6.45) is 3.14. The zero-order chi connectivity index (χ0) is 26.1. The third-order valence-corrected chi connectivity index (χ3v) is 6.33. The highest BCUT2D eigenvalue weighted by molar-refractivity contribution is 7.99. The van der Waals surface area contributed by atoms with Gasteiger partial charge in [0.1, 0.15) is 0 Å². The fraction of sp³-hybridized carbons (Fsp3) is 0.308. The second-order valence-electron chi connectivity index (χ2n) is 7.96. The predicted molar refractivity (Wildman–Crippen MR) is 141 cm³/mol. The number of benzene rings is 2. The van der Waals surface area contributed by atoms with Gasteiger partial charge in [-0.05, 0) is 61.7 Å². The summed E-state index contributed by atoms with van der Waals surface area (Å²) in [5, 5.41) is 14.8. The zero-order valence-corrected chi connectivity index (χ0v) is 21.9. The monoisotopic (exact) mass is 509 g/mol. The highest BCUT2D eigenvalue weighted by atomic mass is 32.2. The molecule has 10 heteroatoms. The molecule has 2 aromatic carbocycles. The number of nitrogens with one attached hydrogen (secondary N) is 2. The van der Waals surface area contributed by atoms with E-state index >= 15 is 0 Å². The second kappa shape index (κ2) is 12.8. The Bertz CT molecular complexity index is 1260. The molecule has 0 saturated carbocycles. The van der Waals surface area contributed by atoms with E-state index in [2.05, 4.69) is 20.8 Å². The van der Waals surface area contributed by atoms with Gasteiger partial charge in [-0.15, -0.1) is 10.2 Å². The van der Waals surface area contributed by atoms with Crippen molar-refractivity contribution in [2.24, 2.45) is 0 Å². The van der Waals surface area contributed by atoms with Crippen LogP contribution in [0.5, 0.6) is 11.5 Å². The Balaban J connectivity index is 1.55. The van der Waals surface area contributed by atoms with Gasteiger partial charge >= 0.3 is 0 Å². The minimum Gasteiger partial charge on any atom is -0.493 e. The smallest absolute Gasteiger partial charge is 0.244 e. The number of thioether (sulfide) groups is 1. The number of methoxy groups -OCH3 is 2. The van der Waals surface area contributed by atoms with E-state index in [0.29, 0.717) is 29.0 Å². The normalized spacial score (nSPS) is 10.9. The molecule has 0 spiro atoms. The van der Waals surface area contributed by atoms with Crippen LogP contribution >= 0.6 is 11.8 Å². The predicted octanol–water partition coefficient (Wildman–Crippen LogP) is 3.99. The SMILES string of the molecule is CCn1c(CNC(=O)C=Cc2ccc(OC)c(OC)c2)nnc1SCC(=O)Nc1cc(C)ccc1C. The Morgan fingerprint density at radius 3 is 2.56 bits per heavy atom. The van der Waals surface area contributed by atoms with Crippen molar-refractivity contribution in [2.75, 3.05) is 25.3 Å². The fourth-order valence-electron chi connectivity index (χ4n) is 3.41. The number of amides is 2. The van der Waals surface area contributed by atoms with Crippen LogP contribution < -0.4 is 20.1 Å². The maximum atomic E-state index is 12.5. The summed E-state index contributed by atoms with van der Waals surface area (Å²) in [6, 6.07) is 11.3. The number of carbonyl (C=O) groups is 2. The minimum absolute atomic E-state index is 0.116. The topological polar surface area (TPSA) is 107 Å². The van der Waals surface area contributed by atoms with Crippen molar-refractivity contribution in [1.82, 2.24) is 20.1 Å². The van der Waals surface area contributed by atoms with Crippen molar-refractivity contribution in [3.8, 4) is 11.5 Å². The maximum absolute atomic E-state index is 12.5. The Morgan fingerprint density at radius 1 is 1.06 bits per heavy atom. The van der Waals surface area contributed by atoms with Gasteiger partial charge in [-0.1, -0.05) is 30.0 Å². The van der Waals surface area contributed by atoms with E-state index in [0.717, 1.165) is 22.4 Å². The Labute approximate surface area is 215 Å². The molecule has 36 heavy (non-hydrogen) atoms. The number of nitrogens with zero attached hydrogens (tertiary/aromatic N) is 3. The second-order valence-corrected chi connectivity index (χ2v) is 8.91. The molecule has 0 aliphatic rings. The molecule has 0 unspecified atom stereocenters. The molecule has 9 nitrogen and oxygen atoms in total. The van der Waals surface area contributed by atoms with Gasteiger partial charge in [0.25, 0.3) is 0 Å². The molecule has 0 aliphatic carbocycles. The molecule has 2 amide bonds. The van der Waals surface area contributed by atoms with Gasteiger partial charge in [-0.3, -0.25) is 9.59 Å². The number of hydrogen-bond donors (Lipinski definition) is 2. The lowest BCUT2D eigenvalue weighted by molar-refractivity contribution is -0.116. The van der Waals surface area contributed by atoms with Gasteiger partial charge in [0.15, 0.2) is 22.5 Å². The number of hydrogen-bond acceptors (Lipinski definition) is 7. The third-order valence-electron chi connectivity index (χ3n) is 5.36. The van der Waals surface area contributed by atoms with Gasteiger partial charge in [-0.25, -0.2) is 0 Å². The number of anilines is 1. The van der Waals surface area contributed by atoms with Crippen molar-refractivity contribution in [2.45, 2.75) is 39.0 Å². The summed E-state index contributed by atoms with van der Waals surface area (Å²) < 4.78 is 12.4. The standard InChI is InChI=1S/C26H31N5O4S/c1-6-31-23(15-27-24(32)12-10-19-9-11-21(34-4)22(14-19)35-5)29-30-26(31)36-16-25(33)28-20-13-17(2)7-8-18(20)3/h7-14H,6,15-16H2,1-5H3,(H,27,32)(H,28,33). The van der Waals surface area contributed by atoms with Crippen LogP contribution in [0.2, 0.25) is 0 Å². The summed E-state index contributed by atoms with van der Waals surface area (Å²) in [4.78, 5) is 24.8. The molecule has 0 bridgehead atoms. The van der Waals surface area contributed by atoms with Gasteiger partial charge in [0.2, 0.25) is 11.8 Å². The minimum atomic E-state index is -0.266. The first-order chi connectivity index (χ1) is 17.3. The zero-order valence-electron chi connectivity index (χ0n) is 21.1. The van der Waals surface area contributed by atoms with Gasteiger partial charge < -0.3 is 24.7 Å². The fourth-order valence-corrected chi connectivity index (χ4v) is 4.24. The van der Waals surface area contributed by atoms with Gasteiger partial charge in [-0.2, -0.15) is 0 Å². The Kier molecular flexibility index (Phi) is 9.52. The van der Waals surface area contributed by atoms with Crippen molar-refractivity contribution >= 4 is 35.3 Å². The van der Waals surface area contributed by atoms with E-state index in [-0.39, 0.29) is 24.1 Å². The lowest BCUT2D eigenvalue weighted by Crippen LogP contribution is -2.22. The van der Waals surface area contributed by atoms with Crippen LogP contribution in [0, 0.1) is 13.8 Å². The lowest BCUT2D eigenvalue weighted by atomic mass is 10.1. The number of rotatable bonds is 11. The molecule has 0 atom stereocenters. The molecular weight excluding hydrogens is 478 g/mol. The van der Waals surface area contributed by atoms with Gasteiger partial charge in [0, 0.05) is 18.3 Å².